The van der Waals surface area contributed by atoms with Crippen molar-refractivity contribution in [3.63, 3.8) is 0 Å². The minimum absolute atomic E-state index is 0.419. The molecule has 1 heterocycles. The largest absolute Gasteiger partial charge is 0.241 e. The number of benzene rings is 1. The maximum absolute atomic E-state index is 4.46. The van der Waals surface area contributed by atoms with Crippen LogP contribution in [0, 0.1) is 11.8 Å². The molecule has 0 aliphatic heterocycles. The van der Waals surface area contributed by atoms with Crippen LogP contribution in [0.4, 0.5) is 0 Å². The average Bonchev–Trinajstić information content (AvgIpc) is 3.15. The van der Waals surface area contributed by atoms with Crippen LogP contribution in [0.5, 0.6) is 0 Å². The van der Waals surface area contributed by atoms with Crippen molar-refractivity contribution < 1.29 is 0 Å². The summed E-state index contributed by atoms with van der Waals surface area (Å²) in [5.41, 5.74) is 2.39. The Balaban J connectivity index is 1.80. The van der Waals surface area contributed by atoms with E-state index in [-0.39, 0.29) is 0 Å². The van der Waals surface area contributed by atoms with E-state index in [1.54, 1.807) is 0 Å². The van der Waals surface area contributed by atoms with Crippen molar-refractivity contribution in [3.8, 4) is 5.69 Å². The Morgan fingerprint density at radius 1 is 1.28 bits per heavy atom. The summed E-state index contributed by atoms with van der Waals surface area (Å²) in [4.78, 5) is 0.419. The SMILES string of the molecule is CC(C1CC1)C(Br)c1cnn(-c2ccccc2)c1. The molecule has 94 valence electrons. The van der Waals surface area contributed by atoms with Crippen LogP contribution < -0.4 is 0 Å². The van der Waals surface area contributed by atoms with Crippen molar-refractivity contribution in [2.45, 2.75) is 24.6 Å². The predicted octanol–water partition coefficient (Wildman–Crippen LogP) is 4.35. The summed E-state index contributed by atoms with van der Waals surface area (Å²) >= 11 is 3.82. The monoisotopic (exact) mass is 304 g/mol. The van der Waals surface area contributed by atoms with Gasteiger partial charge < -0.3 is 0 Å². The molecule has 0 bridgehead atoms. The zero-order valence-electron chi connectivity index (χ0n) is 10.5. The highest BCUT2D eigenvalue weighted by Crippen LogP contribution is 2.46. The quantitative estimate of drug-likeness (QED) is 0.768. The Kier molecular flexibility index (Phi) is 3.25. The van der Waals surface area contributed by atoms with E-state index in [9.17, 15) is 0 Å². The average molecular weight is 305 g/mol. The third-order valence-electron chi connectivity index (χ3n) is 3.77. The van der Waals surface area contributed by atoms with Crippen LogP contribution in [0.1, 0.15) is 30.2 Å². The van der Waals surface area contributed by atoms with E-state index in [1.165, 1.54) is 18.4 Å². The number of halogens is 1. The van der Waals surface area contributed by atoms with Crippen LogP contribution in [0.25, 0.3) is 5.69 Å². The first-order valence-corrected chi connectivity index (χ1v) is 7.41. The molecule has 2 nitrogen and oxygen atoms in total. The van der Waals surface area contributed by atoms with Crippen LogP contribution >= 0.6 is 15.9 Å². The van der Waals surface area contributed by atoms with E-state index in [2.05, 4.69) is 46.3 Å². The zero-order valence-corrected chi connectivity index (χ0v) is 12.0. The van der Waals surface area contributed by atoms with Gasteiger partial charge in [0.1, 0.15) is 0 Å². The fourth-order valence-corrected chi connectivity index (χ4v) is 3.03. The summed E-state index contributed by atoms with van der Waals surface area (Å²) in [5, 5.41) is 4.46. The number of nitrogens with zero attached hydrogens (tertiary/aromatic N) is 2. The van der Waals surface area contributed by atoms with Crippen molar-refractivity contribution in [1.82, 2.24) is 9.78 Å². The first-order valence-electron chi connectivity index (χ1n) is 6.50. The number of rotatable bonds is 4. The molecule has 2 aromatic rings. The highest BCUT2D eigenvalue weighted by molar-refractivity contribution is 9.09. The molecule has 1 aliphatic rings. The van der Waals surface area contributed by atoms with Crippen molar-refractivity contribution in [3.05, 3.63) is 48.3 Å². The Bertz CT molecular complexity index is 516. The van der Waals surface area contributed by atoms with Gasteiger partial charge in [-0.15, -0.1) is 0 Å². The molecular formula is C15H17BrN2. The van der Waals surface area contributed by atoms with E-state index in [1.807, 2.05) is 29.1 Å². The lowest BCUT2D eigenvalue weighted by atomic mass is 9.99. The highest BCUT2D eigenvalue weighted by Gasteiger charge is 2.33. The van der Waals surface area contributed by atoms with Gasteiger partial charge in [0, 0.05) is 16.6 Å². The standard InChI is InChI=1S/C15H17BrN2/c1-11(12-7-8-12)15(16)13-9-17-18(10-13)14-5-3-2-4-6-14/h2-6,9-12,15H,7-8H2,1H3. The summed E-state index contributed by atoms with van der Waals surface area (Å²) in [7, 11) is 0. The zero-order chi connectivity index (χ0) is 12.5. The van der Waals surface area contributed by atoms with E-state index < -0.39 is 0 Å². The van der Waals surface area contributed by atoms with E-state index >= 15 is 0 Å². The van der Waals surface area contributed by atoms with E-state index in [0.29, 0.717) is 10.7 Å². The third kappa shape index (κ3) is 2.37. The van der Waals surface area contributed by atoms with Gasteiger partial charge in [-0.3, -0.25) is 0 Å². The lowest BCUT2D eigenvalue weighted by molar-refractivity contribution is 0.503. The lowest BCUT2D eigenvalue weighted by Gasteiger charge is -2.15. The van der Waals surface area contributed by atoms with Crippen LogP contribution in [0.15, 0.2) is 42.7 Å². The van der Waals surface area contributed by atoms with Gasteiger partial charge in [0.05, 0.1) is 11.9 Å². The molecule has 3 heteroatoms. The molecule has 0 N–H and O–H groups in total. The van der Waals surface area contributed by atoms with Crippen molar-refractivity contribution in [2.75, 3.05) is 0 Å². The van der Waals surface area contributed by atoms with Crippen molar-refractivity contribution >= 4 is 15.9 Å². The van der Waals surface area contributed by atoms with Gasteiger partial charge in [-0.2, -0.15) is 5.10 Å². The van der Waals surface area contributed by atoms with Crippen LogP contribution in [-0.4, -0.2) is 9.78 Å². The minimum atomic E-state index is 0.419. The first kappa shape index (κ1) is 12.0. The van der Waals surface area contributed by atoms with Crippen LogP contribution in [0.2, 0.25) is 0 Å². The van der Waals surface area contributed by atoms with Crippen LogP contribution in [-0.2, 0) is 0 Å². The second-order valence-corrected chi connectivity index (χ2v) is 6.14. The predicted molar refractivity (Wildman–Crippen MR) is 77.1 cm³/mol. The molecule has 0 spiro atoms. The number of alkyl halides is 1. The van der Waals surface area contributed by atoms with Gasteiger partial charge in [-0.05, 0) is 36.8 Å². The molecule has 1 aromatic heterocycles. The van der Waals surface area contributed by atoms with E-state index in [0.717, 1.165) is 11.6 Å². The molecule has 3 rings (SSSR count). The minimum Gasteiger partial charge on any atom is -0.241 e. The molecule has 18 heavy (non-hydrogen) atoms. The summed E-state index contributed by atoms with van der Waals surface area (Å²) in [6.45, 7) is 2.33. The molecule has 2 unspecified atom stereocenters. The summed E-state index contributed by atoms with van der Waals surface area (Å²) in [6, 6.07) is 10.2. The number of aromatic nitrogens is 2. The Morgan fingerprint density at radius 2 is 2.00 bits per heavy atom. The molecule has 1 saturated carbocycles. The fourth-order valence-electron chi connectivity index (χ4n) is 2.37. The normalized spacial score (nSPS) is 18.6. The molecular weight excluding hydrogens is 288 g/mol. The molecule has 1 fully saturated rings. The third-order valence-corrected chi connectivity index (χ3v) is 5.13. The second kappa shape index (κ2) is 4.88. The van der Waals surface area contributed by atoms with Gasteiger partial charge in [0.15, 0.2) is 0 Å². The number of hydrogen-bond donors (Lipinski definition) is 0. The maximum Gasteiger partial charge on any atom is 0.0645 e. The van der Waals surface area contributed by atoms with Gasteiger partial charge in [0.2, 0.25) is 0 Å². The smallest absolute Gasteiger partial charge is 0.0645 e. The van der Waals surface area contributed by atoms with Crippen molar-refractivity contribution in [1.29, 1.82) is 0 Å². The van der Waals surface area contributed by atoms with E-state index in [4.69, 9.17) is 0 Å². The van der Waals surface area contributed by atoms with Gasteiger partial charge in [0.25, 0.3) is 0 Å². The number of hydrogen-bond acceptors (Lipinski definition) is 1. The molecule has 0 amide bonds. The van der Waals surface area contributed by atoms with Gasteiger partial charge >= 0.3 is 0 Å². The van der Waals surface area contributed by atoms with Crippen LogP contribution in [0.3, 0.4) is 0 Å². The van der Waals surface area contributed by atoms with Gasteiger partial charge in [-0.1, -0.05) is 41.1 Å². The molecule has 2 atom stereocenters. The molecule has 0 radical (unpaired) electrons. The first-order chi connectivity index (χ1) is 8.75. The lowest BCUT2D eigenvalue weighted by Crippen LogP contribution is -2.04. The highest BCUT2D eigenvalue weighted by atomic mass is 79.9. The topological polar surface area (TPSA) is 17.8 Å². The van der Waals surface area contributed by atoms with Gasteiger partial charge in [-0.25, -0.2) is 4.68 Å². The summed E-state index contributed by atoms with van der Waals surface area (Å²) in [5.74, 6) is 1.59. The Labute approximate surface area is 116 Å². The van der Waals surface area contributed by atoms with Crippen molar-refractivity contribution in [2.24, 2.45) is 11.8 Å². The molecule has 0 saturated heterocycles. The molecule has 1 aromatic carbocycles. The summed E-state index contributed by atoms with van der Waals surface area (Å²) in [6.07, 6.45) is 6.88. The number of para-hydroxylation sites is 1. The Morgan fingerprint density at radius 3 is 2.67 bits per heavy atom. The second-order valence-electron chi connectivity index (χ2n) is 5.15. The Hall–Kier alpha value is -1.09. The summed E-state index contributed by atoms with van der Waals surface area (Å²) < 4.78 is 1.95. The molecule has 1 aliphatic carbocycles. The fraction of sp³-hybridized carbons (Fsp3) is 0.400. The maximum atomic E-state index is 4.46.